The molecule has 0 radical (unpaired) electrons. The van der Waals surface area contributed by atoms with Gasteiger partial charge in [0.2, 0.25) is 0 Å². The Kier molecular flexibility index (Phi) is 5.39. The summed E-state index contributed by atoms with van der Waals surface area (Å²) in [5.41, 5.74) is 6.27. The lowest BCUT2D eigenvalue weighted by molar-refractivity contribution is -0.274. The van der Waals surface area contributed by atoms with E-state index in [2.05, 4.69) is 10.1 Å². The summed E-state index contributed by atoms with van der Waals surface area (Å²) in [5, 5.41) is 11.6. The third kappa shape index (κ3) is 4.91. The summed E-state index contributed by atoms with van der Waals surface area (Å²) in [4.78, 5) is 0. The zero-order chi connectivity index (χ0) is 13.6. The lowest BCUT2D eigenvalue weighted by Gasteiger charge is -2.17. The van der Waals surface area contributed by atoms with Crippen molar-refractivity contribution >= 4 is 0 Å². The molecular weight excluding hydrogens is 249 g/mol. The number of ether oxygens (including phenoxy) is 1. The molecule has 1 unspecified atom stereocenters. The van der Waals surface area contributed by atoms with Crippen molar-refractivity contribution in [1.29, 1.82) is 0 Å². The zero-order valence-corrected chi connectivity index (χ0v) is 9.57. The number of halogens is 3. The Bertz CT molecular complexity index is 354. The maximum atomic E-state index is 12.0. The molecule has 0 aromatic heterocycles. The second-order valence-electron chi connectivity index (χ2n) is 3.58. The molecule has 1 atom stereocenters. The lowest BCUT2D eigenvalue weighted by atomic mass is 10.1. The molecule has 0 saturated carbocycles. The molecule has 1 aromatic rings. The van der Waals surface area contributed by atoms with Crippen LogP contribution in [0.2, 0.25) is 0 Å². The molecular formula is C11H15F3N2O2. The number of rotatable bonds is 6. The Morgan fingerprint density at radius 1 is 1.28 bits per heavy atom. The molecule has 0 aliphatic heterocycles. The lowest BCUT2D eigenvalue weighted by Crippen LogP contribution is -2.30. The van der Waals surface area contributed by atoms with Crippen LogP contribution in [0.3, 0.4) is 0 Å². The summed E-state index contributed by atoms with van der Waals surface area (Å²) >= 11 is 0. The predicted molar refractivity (Wildman–Crippen MR) is 60.0 cm³/mol. The normalized spacial score (nSPS) is 13.4. The Hall–Kier alpha value is -1.31. The van der Waals surface area contributed by atoms with Gasteiger partial charge >= 0.3 is 6.36 Å². The van der Waals surface area contributed by atoms with Crippen molar-refractivity contribution in [2.45, 2.75) is 12.4 Å². The molecule has 0 spiro atoms. The number of nitrogens with one attached hydrogen (secondary N) is 1. The van der Waals surface area contributed by atoms with E-state index in [0.29, 0.717) is 6.54 Å². The summed E-state index contributed by atoms with van der Waals surface area (Å²) in [7, 11) is 0. The van der Waals surface area contributed by atoms with Gasteiger partial charge in [-0.1, -0.05) is 12.1 Å². The minimum atomic E-state index is -4.69. The van der Waals surface area contributed by atoms with Crippen molar-refractivity contribution in [2.24, 2.45) is 5.73 Å². The number of hydrogen-bond acceptors (Lipinski definition) is 4. The SMILES string of the molecule is NCC(NCCO)c1ccc(OC(F)(F)F)cc1. The van der Waals surface area contributed by atoms with E-state index in [1.54, 1.807) is 0 Å². The predicted octanol–water partition coefficient (Wildman–Crippen LogP) is 1.17. The van der Waals surface area contributed by atoms with E-state index in [0.717, 1.165) is 5.56 Å². The van der Waals surface area contributed by atoms with Gasteiger partial charge in [0, 0.05) is 19.1 Å². The van der Waals surface area contributed by atoms with Crippen molar-refractivity contribution in [3.8, 4) is 5.75 Å². The van der Waals surface area contributed by atoms with Crippen molar-refractivity contribution in [3.63, 3.8) is 0 Å². The monoisotopic (exact) mass is 264 g/mol. The van der Waals surface area contributed by atoms with Crippen LogP contribution >= 0.6 is 0 Å². The molecule has 18 heavy (non-hydrogen) atoms. The van der Waals surface area contributed by atoms with Gasteiger partial charge in [-0.25, -0.2) is 0 Å². The van der Waals surface area contributed by atoms with E-state index in [1.807, 2.05) is 0 Å². The molecule has 0 saturated heterocycles. The summed E-state index contributed by atoms with van der Waals surface area (Å²) in [6.07, 6.45) is -4.69. The number of aliphatic hydroxyl groups is 1. The highest BCUT2D eigenvalue weighted by Crippen LogP contribution is 2.24. The molecule has 0 aliphatic carbocycles. The fraction of sp³-hybridized carbons (Fsp3) is 0.455. The Labute approximate surface area is 103 Å². The highest BCUT2D eigenvalue weighted by atomic mass is 19.4. The van der Waals surface area contributed by atoms with Gasteiger partial charge in [0.25, 0.3) is 0 Å². The first kappa shape index (κ1) is 14.7. The third-order valence-corrected chi connectivity index (χ3v) is 2.25. The maximum absolute atomic E-state index is 12.0. The Morgan fingerprint density at radius 2 is 1.89 bits per heavy atom. The molecule has 7 heteroatoms. The molecule has 1 aromatic carbocycles. The summed E-state index contributed by atoms with van der Waals surface area (Å²) in [6, 6.07) is 5.25. The largest absolute Gasteiger partial charge is 0.573 e. The van der Waals surface area contributed by atoms with Crippen LogP contribution in [0.15, 0.2) is 24.3 Å². The van der Waals surface area contributed by atoms with Crippen LogP contribution in [-0.4, -0.2) is 31.2 Å². The van der Waals surface area contributed by atoms with Crippen LogP contribution in [0.1, 0.15) is 11.6 Å². The van der Waals surface area contributed by atoms with Crippen LogP contribution in [0.25, 0.3) is 0 Å². The topological polar surface area (TPSA) is 67.5 Å². The van der Waals surface area contributed by atoms with E-state index < -0.39 is 6.36 Å². The van der Waals surface area contributed by atoms with Gasteiger partial charge in [0.1, 0.15) is 5.75 Å². The molecule has 1 rings (SSSR count). The average Bonchev–Trinajstić information content (AvgIpc) is 2.30. The molecule has 4 N–H and O–H groups in total. The maximum Gasteiger partial charge on any atom is 0.573 e. The van der Waals surface area contributed by atoms with Gasteiger partial charge in [-0.05, 0) is 17.7 Å². The van der Waals surface area contributed by atoms with E-state index >= 15 is 0 Å². The van der Waals surface area contributed by atoms with Gasteiger partial charge in [0.05, 0.1) is 6.61 Å². The first-order valence-electron chi connectivity index (χ1n) is 5.36. The van der Waals surface area contributed by atoms with Crippen LogP contribution in [-0.2, 0) is 0 Å². The number of benzene rings is 1. The van der Waals surface area contributed by atoms with Crippen molar-refractivity contribution in [1.82, 2.24) is 5.32 Å². The van der Waals surface area contributed by atoms with Gasteiger partial charge in [-0.2, -0.15) is 0 Å². The highest BCUT2D eigenvalue weighted by molar-refractivity contribution is 5.29. The smallest absolute Gasteiger partial charge is 0.406 e. The number of hydrogen-bond donors (Lipinski definition) is 3. The highest BCUT2D eigenvalue weighted by Gasteiger charge is 2.31. The molecule has 0 bridgehead atoms. The summed E-state index contributed by atoms with van der Waals surface area (Å²) in [5.74, 6) is -0.274. The van der Waals surface area contributed by atoms with Gasteiger partial charge in [-0.15, -0.1) is 13.2 Å². The molecule has 0 heterocycles. The molecule has 102 valence electrons. The minimum Gasteiger partial charge on any atom is -0.406 e. The number of aliphatic hydroxyl groups excluding tert-OH is 1. The van der Waals surface area contributed by atoms with Crippen LogP contribution in [0, 0.1) is 0 Å². The first-order chi connectivity index (χ1) is 8.46. The van der Waals surface area contributed by atoms with E-state index in [-0.39, 0.29) is 24.9 Å². The molecule has 0 amide bonds. The van der Waals surface area contributed by atoms with E-state index in [9.17, 15) is 13.2 Å². The van der Waals surface area contributed by atoms with E-state index in [4.69, 9.17) is 10.8 Å². The summed E-state index contributed by atoms with van der Waals surface area (Å²) in [6.45, 7) is 0.605. The second-order valence-corrected chi connectivity index (χ2v) is 3.58. The summed E-state index contributed by atoms with van der Waals surface area (Å²) < 4.78 is 39.6. The standard InChI is InChI=1S/C11H15F3N2O2/c12-11(13,14)18-9-3-1-8(2-4-9)10(7-15)16-5-6-17/h1-4,10,16-17H,5-7,15H2. The second kappa shape index (κ2) is 6.58. The van der Waals surface area contributed by atoms with Crippen LogP contribution < -0.4 is 15.8 Å². The zero-order valence-electron chi connectivity index (χ0n) is 9.57. The Morgan fingerprint density at radius 3 is 2.33 bits per heavy atom. The molecule has 0 aliphatic rings. The van der Waals surface area contributed by atoms with Crippen molar-refractivity contribution in [2.75, 3.05) is 19.7 Å². The molecule has 0 fully saturated rings. The fourth-order valence-electron chi connectivity index (χ4n) is 1.48. The van der Waals surface area contributed by atoms with Crippen LogP contribution in [0.5, 0.6) is 5.75 Å². The minimum absolute atomic E-state index is 0.0359. The van der Waals surface area contributed by atoms with Crippen LogP contribution in [0.4, 0.5) is 13.2 Å². The first-order valence-corrected chi connectivity index (χ1v) is 5.36. The number of nitrogens with two attached hydrogens (primary N) is 1. The van der Waals surface area contributed by atoms with Gasteiger partial charge < -0.3 is 20.9 Å². The van der Waals surface area contributed by atoms with Crippen molar-refractivity contribution < 1.29 is 23.0 Å². The van der Waals surface area contributed by atoms with Gasteiger partial charge in [-0.3, -0.25) is 0 Å². The van der Waals surface area contributed by atoms with Crippen molar-refractivity contribution in [3.05, 3.63) is 29.8 Å². The van der Waals surface area contributed by atoms with E-state index in [1.165, 1.54) is 24.3 Å². The third-order valence-electron chi connectivity index (χ3n) is 2.25. The number of alkyl halides is 3. The average molecular weight is 264 g/mol. The fourth-order valence-corrected chi connectivity index (χ4v) is 1.48. The molecule has 4 nitrogen and oxygen atoms in total. The quantitative estimate of drug-likeness (QED) is 0.721. The van der Waals surface area contributed by atoms with Gasteiger partial charge in [0.15, 0.2) is 0 Å². The Balaban J connectivity index is 2.68.